The molecule has 0 bridgehead atoms. The van der Waals surface area contributed by atoms with Crippen LogP contribution in [0.1, 0.15) is 78.7 Å². The Balaban J connectivity index is 2.11. The zero-order valence-electron chi connectivity index (χ0n) is 20.2. The summed E-state index contributed by atoms with van der Waals surface area (Å²) in [6.07, 6.45) is 9.02. The zero-order valence-corrected chi connectivity index (χ0v) is 20.2. The molecule has 9 nitrogen and oxygen atoms in total. The number of amides is 1. The summed E-state index contributed by atoms with van der Waals surface area (Å²) in [6, 6.07) is -0.00327. The van der Waals surface area contributed by atoms with Crippen molar-refractivity contribution in [2.45, 2.75) is 84.7 Å². The molecule has 3 unspecified atom stereocenters. The van der Waals surface area contributed by atoms with Gasteiger partial charge in [0.1, 0.15) is 25.4 Å². The third-order valence-electron chi connectivity index (χ3n) is 6.28. The Labute approximate surface area is 195 Å². The lowest BCUT2D eigenvalue weighted by molar-refractivity contribution is -0.162. The number of likely N-dealkylation sites (tertiary alicyclic amines) is 1. The summed E-state index contributed by atoms with van der Waals surface area (Å²) in [5, 5.41) is 0. The number of esters is 2. The van der Waals surface area contributed by atoms with E-state index in [0.29, 0.717) is 25.8 Å². The first-order chi connectivity index (χ1) is 15.7. The number of hydrogen-bond acceptors (Lipinski definition) is 7. The molecule has 1 aliphatic rings. The van der Waals surface area contributed by atoms with Gasteiger partial charge in [0.05, 0.1) is 11.7 Å². The number of rotatable bonds is 14. The van der Waals surface area contributed by atoms with Gasteiger partial charge < -0.3 is 18.9 Å². The average molecular weight is 464 g/mol. The molecule has 2 heterocycles. The summed E-state index contributed by atoms with van der Waals surface area (Å²) in [5.41, 5.74) is -0.849. The minimum Gasteiger partial charge on any atom is -0.462 e. The van der Waals surface area contributed by atoms with Gasteiger partial charge in [-0.15, -0.1) is 0 Å². The first kappa shape index (κ1) is 26.5. The van der Waals surface area contributed by atoms with Crippen molar-refractivity contribution < 1.29 is 28.7 Å². The van der Waals surface area contributed by atoms with Gasteiger partial charge in [-0.2, -0.15) is 0 Å². The Morgan fingerprint density at radius 1 is 1.12 bits per heavy atom. The maximum Gasteiger partial charge on any atom is 0.313 e. The molecule has 3 atom stereocenters. The van der Waals surface area contributed by atoms with Gasteiger partial charge in [0.15, 0.2) is 0 Å². The predicted octanol–water partition coefficient (Wildman–Crippen LogP) is 3.09. The topological polar surface area (TPSA) is 108 Å². The summed E-state index contributed by atoms with van der Waals surface area (Å²) < 4.78 is 12.5. The maximum absolute atomic E-state index is 13.3. The fourth-order valence-electron chi connectivity index (χ4n) is 4.48. The number of aromatic nitrogens is 2. The first-order valence-corrected chi connectivity index (χ1v) is 11.8. The third kappa shape index (κ3) is 7.68. The number of Topliss-reactive ketones (excluding diaryl/α,β-unsaturated/α-hetero) is 1. The van der Waals surface area contributed by atoms with Crippen molar-refractivity contribution in [1.82, 2.24) is 14.5 Å². The van der Waals surface area contributed by atoms with E-state index in [1.807, 2.05) is 29.5 Å². The number of carbonyl (C=O) groups is 4. The van der Waals surface area contributed by atoms with Crippen molar-refractivity contribution in [1.29, 1.82) is 0 Å². The van der Waals surface area contributed by atoms with Crippen LogP contribution in [0.25, 0.3) is 0 Å². The second-order valence-electron chi connectivity index (χ2n) is 9.03. The van der Waals surface area contributed by atoms with E-state index in [9.17, 15) is 19.2 Å². The highest BCUT2D eigenvalue weighted by atomic mass is 16.6. The molecular weight excluding hydrogens is 426 g/mol. The van der Waals surface area contributed by atoms with E-state index < -0.39 is 11.4 Å². The van der Waals surface area contributed by atoms with Gasteiger partial charge in [-0.3, -0.25) is 19.2 Å². The lowest BCUT2D eigenvalue weighted by atomic mass is 9.76. The molecule has 1 fully saturated rings. The predicted molar refractivity (Wildman–Crippen MR) is 121 cm³/mol. The monoisotopic (exact) mass is 463 g/mol. The van der Waals surface area contributed by atoms with Crippen LogP contribution in [0.5, 0.6) is 0 Å². The fraction of sp³-hybridized carbons (Fsp3) is 0.708. The highest BCUT2D eigenvalue weighted by molar-refractivity contribution is 5.94. The molecule has 1 aromatic rings. The van der Waals surface area contributed by atoms with Crippen molar-refractivity contribution in [3.05, 3.63) is 18.7 Å². The van der Waals surface area contributed by atoms with Crippen LogP contribution < -0.4 is 0 Å². The van der Waals surface area contributed by atoms with Crippen molar-refractivity contribution in [3.8, 4) is 0 Å². The summed E-state index contributed by atoms with van der Waals surface area (Å²) in [4.78, 5) is 54.3. The number of carbonyl (C=O) groups excluding carboxylic acids is 4. The van der Waals surface area contributed by atoms with Crippen molar-refractivity contribution >= 4 is 23.6 Å². The quantitative estimate of drug-likeness (QED) is 0.237. The normalized spacial score (nSPS) is 17.3. The molecule has 0 aliphatic carbocycles. The molecule has 0 N–H and O–H groups in total. The largest absolute Gasteiger partial charge is 0.462 e. The Morgan fingerprint density at radius 2 is 1.79 bits per heavy atom. The molecule has 1 aromatic heterocycles. The summed E-state index contributed by atoms with van der Waals surface area (Å²) >= 11 is 0. The summed E-state index contributed by atoms with van der Waals surface area (Å²) in [6.45, 7) is 7.82. The van der Waals surface area contributed by atoms with Crippen LogP contribution in [0.2, 0.25) is 0 Å². The lowest BCUT2D eigenvalue weighted by Crippen LogP contribution is -2.43. The second kappa shape index (κ2) is 12.5. The standard InChI is InChI=1S/C24H37N3O6/c1-5-19(26-11-9-25-17-26)15-24(4,16-20(6-2)27-10-7-8-21(27)29)23(31)33-13-12-32-22(30)14-18(3)28/h9,11,17,19-20H,5-8,10,12-16H2,1-4H3. The number of ether oxygens (including phenoxy) is 2. The fourth-order valence-corrected chi connectivity index (χ4v) is 4.48. The molecule has 9 heteroatoms. The van der Waals surface area contributed by atoms with Crippen LogP contribution in [-0.4, -0.2) is 63.9 Å². The second-order valence-corrected chi connectivity index (χ2v) is 9.03. The Bertz CT molecular complexity index is 809. The van der Waals surface area contributed by atoms with Crippen molar-refractivity contribution in [3.63, 3.8) is 0 Å². The van der Waals surface area contributed by atoms with Crippen LogP contribution in [0.3, 0.4) is 0 Å². The average Bonchev–Trinajstić information content (AvgIpc) is 3.45. The molecule has 1 amide bonds. The van der Waals surface area contributed by atoms with Crippen LogP contribution >= 0.6 is 0 Å². The van der Waals surface area contributed by atoms with E-state index in [1.54, 1.807) is 12.5 Å². The van der Waals surface area contributed by atoms with Gasteiger partial charge >= 0.3 is 11.9 Å². The number of nitrogens with zero attached hydrogens (tertiary/aromatic N) is 3. The van der Waals surface area contributed by atoms with Gasteiger partial charge in [-0.1, -0.05) is 13.8 Å². The Morgan fingerprint density at radius 3 is 2.33 bits per heavy atom. The van der Waals surface area contributed by atoms with Gasteiger partial charge in [-0.25, -0.2) is 4.98 Å². The number of imidazole rings is 1. The van der Waals surface area contributed by atoms with Crippen LogP contribution in [0.15, 0.2) is 18.7 Å². The molecular formula is C24H37N3O6. The SMILES string of the molecule is CCC(CC(C)(CC(CC)n1ccnc1)C(=O)OCCOC(=O)CC(C)=O)N1CCCC1=O. The molecule has 0 saturated carbocycles. The van der Waals surface area contributed by atoms with Gasteiger partial charge in [0, 0.05) is 37.4 Å². The number of ketones is 1. The van der Waals surface area contributed by atoms with Gasteiger partial charge in [0.25, 0.3) is 0 Å². The first-order valence-electron chi connectivity index (χ1n) is 11.8. The van der Waals surface area contributed by atoms with E-state index in [1.165, 1.54) is 6.92 Å². The zero-order chi connectivity index (χ0) is 24.4. The van der Waals surface area contributed by atoms with E-state index in [0.717, 1.165) is 19.3 Å². The Hall–Kier alpha value is -2.71. The molecule has 1 aliphatic heterocycles. The minimum atomic E-state index is -0.849. The smallest absolute Gasteiger partial charge is 0.313 e. The highest BCUT2D eigenvalue weighted by Gasteiger charge is 2.41. The molecule has 1 saturated heterocycles. The Kier molecular flexibility index (Phi) is 10.1. The molecule has 184 valence electrons. The van der Waals surface area contributed by atoms with E-state index in [-0.39, 0.29) is 49.4 Å². The van der Waals surface area contributed by atoms with E-state index in [2.05, 4.69) is 11.9 Å². The maximum atomic E-state index is 13.3. The van der Waals surface area contributed by atoms with Crippen LogP contribution in [0.4, 0.5) is 0 Å². The van der Waals surface area contributed by atoms with Gasteiger partial charge in [0.2, 0.25) is 5.91 Å². The molecule has 0 radical (unpaired) electrons. The van der Waals surface area contributed by atoms with E-state index in [4.69, 9.17) is 9.47 Å². The minimum absolute atomic E-state index is 0.0465. The third-order valence-corrected chi connectivity index (χ3v) is 6.28. The van der Waals surface area contributed by atoms with Crippen molar-refractivity contribution in [2.75, 3.05) is 19.8 Å². The highest BCUT2D eigenvalue weighted by Crippen LogP contribution is 2.38. The van der Waals surface area contributed by atoms with Gasteiger partial charge in [-0.05, 0) is 46.0 Å². The molecule has 0 aromatic carbocycles. The molecule has 0 spiro atoms. The van der Waals surface area contributed by atoms with Crippen molar-refractivity contribution in [2.24, 2.45) is 5.41 Å². The van der Waals surface area contributed by atoms with Crippen LogP contribution in [0, 0.1) is 5.41 Å². The number of hydrogen-bond donors (Lipinski definition) is 0. The van der Waals surface area contributed by atoms with Crippen LogP contribution in [-0.2, 0) is 28.7 Å². The lowest BCUT2D eigenvalue weighted by Gasteiger charge is -2.37. The van der Waals surface area contributed by atoms with E-state index >= 15 is 0 Å². The molecule has 33 heavy (non-hydrogen) atoms. The summed E-state index contributed by atoms with van der Waals surface area (Å²) in [5.74, 6) is -1.16. The summed E-state index contributed by atoms with van der Waals surface area (Å²) in [7, 11) is 0. The molecule has 2 rings (SSSR count).